The fourth-order valence-corrected chi connectivity index (χ4v) is 4.89. The molecule has 1 rings (SSSR count). The molecule has 0 aliphatic carbocycles. The Bertz CT molecular complexity index is 50.0. The minimum absolute atomic E-state index is 0.133. The van der Waals surface area contributed by atoms with Gasteiger partial charge in [0.05, 0.1) is 0 Å². The van der Waals surface area contributed by atoms with E-state index in [0.717, 1.165) is 0 Å². The Hall–Kier alpha value is 0.759. The van der Waals surface area contributed by atoms with Crippen LogP contribution in [0, 0.1) is 0 Å². The van der Waals surface area contributed by atoms with Gasteiger partial charge in [0.2, 0.25) is 0 Å². The van der Waals surface area contributed by atoms with E-state index in [1.807, 2.05) is 7.11 Å². The van der Waals surface area contributed by atoms with Crippen molar-refractivity contribution in [3.8, 4) is 0 Å². The van der Waals surface area contributed by atoms with Crippen molar-refractivity contribution in [1.82, 2.24) is 0 Å². The Morgan fingerprint density at radius 3 is 2.86 bits per heavy atom. The molecule has 0 saturated carbocycles. The van der Waals surface area contributed by atoms with Crippen LogP contribution in [0.3, 0.4) is 0 Å². The normalized spacial score (nSPS) is 31.3. The zero-order valence-electron chi connectivity index (χ0n) is 4.61. The minimum atomic E-state index is 0.133. The summed E-state index contributed by atoms with van der Waals surface area (Å²) in [6.07, 6.45) is 2.04. The molecular weight excluding hydrogens is 195 g/mol. The molecule has 0 aromatic rings. The van der Waals surface area contributed by atoms with Crippen molar-refractivity contribution in [1.29, 1.82) is 0 Å². The van der Waals surface area contributed by atoms with Gasteiger partial charge in [-0.3, -0.25) is 0 Å². The second-order valence-electron chi connectivity index (χ2n) is 1.85. The molecule has 1 aliphatic heterocycles. The van der Waals surface area contributed by atoms with Crippen molar-refractivity contribution < 1.29 is 4.74 Å². The van der Waals surface area contributed by atoms with Gasteiger partial charge in [-0.05, 0) is 0 Å². The van der Waals surface area contributed by atoms with Crippen LogP contribution in [-0.2, 0) is 4.74 Å². The van der Waals surface area contributed by atoms with Gasteiger partial charge in [-0.15, -0.1) is 0 Å². The first kappa shape index (κ1) is 5.89. The van der Waals surface area contributed by atoms with E-state index in [9.17, 15) is 0 Å². The zero-order valence-corrected chi connectivity index (χ0v) is 7.46. The molecule has 1 saturated heterocycles. The zero-order chi connectivity index (χ0) is 5.11. The SMILES string of the molecule is COC1C[CH2][Sn][CH2]1. The summed E-state index contributed by atoms with van der Waals surface area (Å²) in [6, 6.07) is 0. The van der Waals surface area contributed by atoms with Gasteiger partial charge in [-0.1, -0.05) is 0 Å². The molecule has 0 aromatic carbocycles. The number of ether oxygens (including phenoxy) is 1. The second kappa shape index (κ2) is 2.92. The van der Waals surface area contributed by atoms with E-state index in [-0.39, 0.29) is 21.1 Å². The monoisotopic (exact) mass is 206 g/mol. The van der Waals surface area contributed by atoms with Gasteiger partial charge in [0.15, 0.2) is 0 Å². The van der Waals surface area contributed by atoms with Gasteiger partial charge in [-0.25, -0.2) is 0 Å². The molecular formula is C5H10OSn. The molecule has 1 heterocycles. The van der Waals surface area contributed by atoms with Crippen molar-refractivity contribution in [2.45, 2.75) is 21.4 Å². The van der Waals surface area contributed by atoms with Crippen molar-refractivity contribution >= 4 is 21.1 Å². The summed E-state index contributed by atoms with van der Waals surface area (Å²) >= 11 is 0.133. The summed E-state index contributed by atoms with van der Waals surface area (Å²) < 4.78 is 8.16. The molecule has 1 nitrogen and oxygen atoms in total. The average Bonchev–Trinajstić information content (AvgIpc) is 2.14. The second-order valence-corrected chi connectivity index (χ2v) is 5.87. The van der Waals surface area contributed by atoms with Gasteiger partial charge >= 0.3 is 54.4 Å². The number of methoxy groups -OCH3 is 1. The third kappa shape index (κ3) is 1.61. The fraction of sp³-hybridized carbons (Fsp3) is 1.00. The molecule has 0 N–H and O–H groups in total. The van der Waals surface area contributed by atoms with E-state index < -0.39 is 0 Å². The maximum atomic E-state index is 5.15. The van der Waals surface area contributed by atoms with E-state index >= 15 is 0 Å². The van der Waals surface area contributed by atoms with E-state index in [2.05, 4.69) is 0 Å². The third-order valence-corrected chi connectivity index (χ3v) is 5.30. The molecule has 40 valence electrons. The van der Waals surface area contributed by atoms with Crippen LogP contribution in [0.1, 0.15) is 6.42 Å². The van der Waals surface area contributed by atoms with Crippen molar-refractivity contribution in [2.24, 2.45) is 0 Å². The molecule has 1 atom stereocenters. The summed E-state index contributed by atoms with van der Waals surface area (Å²) in [5.41, 5.74) is 0. The Kier molecular flexibility index (Phi) is 2.46. The van der Waals surface area contributed by atoms with E-state index in [1.165, 1.54) is 10.9 Å². The third-order valence-electron chi connectivity index (χ3n) is 1.35. The first-order chi connectivity index (χ1) is 3.43. The van der Waals surface area contributed by atoms with Crippen LogP contribution in [0.4, 0.5) is 0 Å². The number of hydrogen-bond donors (Lipinski definition) is 0. The van der Waals surface area contributed by atoms with Crippen molar-refractivity contribution in [3.05, 3.63) is 0 Å². The Morgan fingerprint density at radius 2 is 2.57 bits per heavy atom. The van der Waals surface area contributed by atoms with E-state index in [0.29, 0.717) is 6.10 Å². The predicted molar refractivity (Wildman–Crippen MR) is 30.8 cm³/mol. The molecule has 2 radical (unpaired) electrons. The Morgan fingerprint density at radius 1 is 1.71 bits per heavy atom. The van der Waals surface area contributed by atoms with Crippen LogP contribution in [0.15, 0.2) is 0 Å². The van der Waals surface area contributed by atoms with E-state index in [4.69, 9.17) is 4.74 Å². The van der Waals surface area contributed by atoms with Crippen molar-refractivity contribution in [3.63, 3.8) is 0 Å². The standard InChI is InChI=1S/C5H10O.Sn/c1-4-5(2)6-3;/h5H,1-2,4H2,3H3;. The van der Waals surface area contributed by atoms with Gasteiger partial charge in [0.1, 0.15) is 0 Å². The maximum absolute atomic E-state index is 5.15. The Labute approximate surface area is 54.7 Å². The van der Waals surface area contributed by atoms with Crippen LogP contribution in [0.5, 0.6) is 0 Å². The summed E-state index contributed by atoms with van der Waals surface area (Å²) in [5, 5.41) is 0. The van der Waals surface area contributed by atoms with Gasteiger partial charge in [0.25, 0.3) is 0 Å². The van der Waals surface area contributed by atoms with Gasteiger partial charge < -0.3 is 0 Å². The molecule has 7 heavy (non-hydrogen) atoms. The molecule has 1 aliphatic rings. The van der Waals surface area contributed by atoms with Crippen molar-refractivity contribution in [2.75, 3.05) is 7.11 Å². The molecule has 0 bridgehead atoms. The van der Waals surface area contributed by atoms with Crippen LogP contribution in [0.25, 0.3) is 0 Å². The molecule has 2 heteroatoms. The molecule has 0 amide bonds. The molecule has 0 aromatic heterocycles. The average molecular weight is 205 g/mol. The van der Waals surface area contributed by atoms with Crippen LogP contribution in [0.2, 0.25) is 8.87 Å². The summed E-state index contributed by atoms with van der Waals surface area (Å²) in [7, 11) is 1.83. The molecule has 1 unspecified atom stereocenters. The summed E-state index contributed by atoms with van der Waals surface area (Å²) in [5.74, 6) is 0. The number of hydrogen-bond acceptors (Lipinski definition) is 1. The Balaban J connectivity index is 2.14. The predicted octanol–water partition coefficient (Wildman–Crippen LogP) is 0.946. The van der Waals surface area contributed by atoms with Gasteiger partial charge in [0, 0.05) is 0 Å². The summed E-state index contributed by atoms with van der Waals surface area (Å²) in [6.45, 7) is 0. The number of rotatable bonds is 1. The summed E-state index contributed by atoms with van der Waals surface area (Å²) in [4.78, 5) is 0. The molecule has 0 spiro atoms. The quantitative estimate of drug-likeness (QED) is 0.578. The first-order valence-electron chi connectivity index (χ1n) is 2.67. The van der Waals surface area contributed by atoms with Crippen LogP contribution >= 0.6 is 0 Å². The topological polar surface area (TPSA) is 9.23 Å². The molecule has 1 fully saturated rings. The fourth-order valence-electron chi connectivity index (χ4n) is 0.829. The van der Waals surface area contributed by atoms with Crippen LogP contribution < -0.4 is 0 Å². The first-order valence-corrected chi connectivity index (χ1v) is 6.70. The van der Waals surface area contributed by atoms with E-state index in [1.54, 1.807) is 4.44 Å². The van der Waals surface area contributed by atoms with Crippen LogP contribution in [-0.4, -0.2) is 34.4 Å². The van der Waals surface area contributed by atoms with Gasteiger partial charge in [-0.2, -0.15) is 0 Å².